The number of hydrogen-bond acceptors (Lipinski definition) is 3. The molecule has 3 nitrogen and oxygen atoms in total. The minimum atomic E-state index is 0.148. The fraction of sp³-hybridized carbons (Fsp3) is 0.808. The molecule has 1 rings (SSSR count). The van der Waals surface area contributed by atoms with Gasteiger partial charge in [-0.15, -0.1) is 0 Å². The predicted molar refractivity (Wildman–Crippen MR) is 126 cm³/mol. The second kappa shape index (κ2) is 13.0. The van der Waals surface area contributed by atoms with Gasteiger partial charge in [-0.1, -0.05) is 80.1 Å². The number of unbranched alkanes of at least 4 members (excludes halogenated alkanes) is 2. The summed E-state index contributed by atoms with van der Waals surface area (Å²) < 4.78 is 0. The Bertz CT molecular complexity index is 561. The van der Waals surface area contributed by atoms with Crippen molar-refractivity contribution in [3.63, 3.8) is 0 Å². The van der Waals surface area contributed by atoms with E-state index in [4.69, 9.17) is 5.73 Å². The Morgan fingerprint density at radius 1 is 1.03 bits per heavy atom. The topological polar surface area (TPSA) is 53.0 Å². The van der Waals surface area contributed by atoms with Gasteiger partial charge >= 0.3 is 0 Å². The Hall–Kier alpha value is -1.43. The average Bonchev–Trinajstić information content (AvgIpc) is 2.70. The van der Waals surface area contributed by atoms with E-state index < -0.39 is 0 Å². The van der Waals surface area contributed by atoms with Gasteiger partial charge in [-0.25, -0.2) is 0 Å². The lowest BCUT2D eigenvalue weighted by Crippen LogP contribution is -2.36. The summed E-state index contributed by atoms with van der Waals surface area (Å²) in [6.45, 7) is 16.2. The summed E-state index contributed by atoms with van der Waals surface area (Å²) in [4.78, 5) is 2.68. The van der Waals surface area contributed by atoms with Gasteiger partial charge in [-0.2, -0.15) is 5.26 Å². The fourth-order valence-corrected chi connectivity index (χ4v) is 4.59. The van der Waals surface area contributed by atoms with Crippen molar-refractivity contribution < 1.29 is 0 Å². The summed E-state index contributed by atoms with van der Waals surface area (Å²) in [6.07, 6.45) is 14.5. The molecule has 2 unspecified atom stereocenters. The first-order chi connectivity index (χ1) is 13.8. The maximum absolute atomic E-state index is 9.37. The number of allylic oxidation sites excluding steroid dienone is 4. The van der Waals surface area contributed by atoms with E-state index in [-0.39, 0.29) is 5.41 Å². The van der Waals surface area contributed by atoms with Crippen molar-refractivity contribution in [3.05, 3.63) is 23.0 Å². The molecule has 2 N–H and O–H groups in total. The first-order valence-electron chi connectivity index (χ1n) is 12.1. The van der Waals surface area contributed by atoms with Crippen LogP contribution in [0.15, 0.2) is 23.0 Å². The van der Waals surface area contributed by atoms with E-state index in [1.54, 1.807) is 0 Å². The molecule has 0 amide bonds. The molecule has 1 aliphatic rings. The number of rotatable bonds is 13. The third-order valence-corrected chi connectivity index (χ3v) is 6.59. The van der Waals surface area contributed by atoms with E-state index in [1.807, 2.05) is 0 Å². The summed E-state index contributed by atoms with van der Waals surface area (Å²) in [5.74, 6) is 1.48. The van der Waals surface area contributed by atoms with E-state index in [0.717, 1.165) is 43.3 Å². The van der Waals surface area contributed by atoms with Gasteiger partial charge in [0.25, 0.3) is 0 Å². The van der Waals surface area contributed by atoms with Gasteiger partial charge in [-0.05, 0) is 54.6 Å². The van der Waals surface area contributed by atoms with Crippen LogP contribution in [-0.2, 0) is 0 Å². The third-order valence-electron chi connectivity index (χ3n) is 6.59. The fourth-order valence-electron chi connectivity index (χ4n) is 4.59. The summed E-state index contributed by atoms with van der Waals surface area (Å²) in [5.41, 5.74) is 9.05. The monoisotopic (exact) mass is 401 g/mol. The van der Waals surface area contributed by atoms with Gasteiger partial charge in [-0.3, -0.25) is 0 Å². The molecule has 1 aliphatic carbocycles. The summed E-state index contributed by atoms with van der Waals surface area (Å²) in [5, 5.41) is 9.37. The highest BCUT2D eigenvalue weighted by Gasteiger charge is 2.30. The number of nitrogens with zero attached hydrogens (tertiary/aromatic N) is 2. The van der Waals surface area contributed by atoms with E-state index in [0.29, 0.717) is 5.70 Å². The van der Waals surface area contributed by atoms with Gasteiger partial charge in [0.05, 0.1) is 0 Å². The normalized spacial score (nSPS) is 19.8. The summed E-state index contributed by atoms with van der Waals surface area (Å²) >= 11 is 0. The zero-order valence-corrected chi connectivity index (χ0v) is 20.2. The van der Waals surface area contributed by atoms with Crippen LogP contribution in [0, 0.1) is 28.6 Å². The van der Waals surface area contributed by atoms with Crippen LogP contribution < -0.4 is 5.73 Å². The number of nitrogens with two attached hydrogens (primary N) is 1. The lowest BCUT2D eigenvalue weighted by atomic mass is 9.76. The quantitative estimate of drug-likeness (QED) is 0.333. The molecule has 0 spiro atoms. The number of nitriles is 1. The Kier molecular flexibility index (Phi) is 11.5. The number of hydrogen-bond donors (Lipinski definition) is 1. The molecule has 0 aliphatic heterocycles. The highest BCUT2D eigenvalue weighted by Crippen LogP contribution is 2.40. The first-order valence-corrected chi connectivity index (χ1v) is 12.1. The molecule has 0 aromatic rings. The molecule has 0 aromatic carbocycles. The van der Waals surface area contributed by atoms with E-state index >= 15 is 0 Å². The van der Waals surface area contributed by atoms with Gasteiger partial charge < -0.3 is 10.6 Å². The minimum absolute atomic E-state index is 0.148. The van der Waals surface area contributed by atoms with Gasteiger partial charge in [0.15, 0.2) is 0 Å². The van der Waals surface area contributed by atoms with Gasteiger partial charge in [0.2, 0.25) is 0 Å². The van der Waals surface area contributed by atoms with Crippen LogP contribution in [0.4, 0.5) is 0 Å². The Morgan fingerprint density at radius 2 is 1.55 bits per heavy atom. The van der Waals surface area contributed by atoms with Crippen molar-refractivity contribution in [1.82, 2.24) is 4.90 Å². The van der Waals surface area contributed by atoms with Crippen molar-refractivity contribution in [2.75, 3.05) is 13.1 Å². The highest BCUT2D eigenvalue weighted by atomic mass is 15.1. The SMILES string of the molecule is CCCCC(CC)CN(CC(CC)CCCC)C1=C/C(=C(\N)C#N)CC(C)(C)C1. The van der Waals surface area contributed by atoms with Crippen LogP contribution in [0.1, 0.15) is 106 Å². The second-order valence-electron chi connectivity index (χ2n) is 9.94. The van der Waals surface area contributed by atoms with Crippen molar-refractivity contribution >= 4 is 0 Å². The molecule has 0 heterocycles. The summed E-state index contributed by atoms with van der Waals surface area (Å²) in [6, 6.07) is 2.19. The molecule has 0 radical (unpaired) electrons. The zero-order valence-electron chi connectivity index (χ0n) is 20.2. The standard InChI is InChI=1S/C26H47N3/c1-7-11-13-21(9-3)19-29(20-22(10-4)14-12-8-2)24-15-23(25(28)18-27)16-26(5,6)17-24/h15,21-22H,7-14,16-17,19-20,28H2,1-6H3/b25-23+. The maximum atomic E-state index is 9.37. The van der Waals surface area contributed by atoms with Crippen LogP contribution >= 0.6 is 0 Å². The molecule has 0 bridgehead atoms. The smallest absolute Gasteiger partial charge is 0.117 e. The molecule has 2 atom stereocenters. The molecule has 29 heavy (non-hydrogen) atoms. The zero-order chi connectivity index (χ0) is 21.9. The van der Waals surface area contributed by atoms with Gasteiger partial charge in [0, 0.05) is 18.8 Å². The maximum Gasteiger partial charge on any atom is 0.117 e. The second-order valence-corrected chi connectivity index (χ2v) is 9.94. The van der Waals surface area contributed by atoms with E-state index in [1.165, 1.54) is 57.1 Å². The van der Waals surface area contributed by atoms with Crippen LogP contribution in [0.3, 0.4) is 0 Å². The first kappa shape index (κ1) is 25.6. The Morgan fingerprint density at radius 3 is 1.97 bits per heavy atom. The van der Waals surface area contributed by atoms with Crippen LogP contribution in [-0.4, -0.2) is 18.0 Å². The average molecular weight is 402 g/mol. The summed E-state index contributed by atoms with van der Waals surface area (Å²) in [7, 11) is 0. The molecule has 3 heteroatoms. The molecular formula is C26H47N3. The minimum Gasteiger partial charge on any atom is -0.390 e. The van der Waals surface area contributed by atoms with Crippen LogP contribution in [0.25, 0.3) is 0 Å². The highest BCUT2D eigenvalue weighted by molar-refractivity contribution is 5.38. The van der Waals surface area contributed by atoms with E-state index in [9.17, 15) is 5.26 Å². The molecule has 0 aromatic heterocycles. The molecule has 0 fully saturated rings. The van der Waals surface area contributed by atoms with Gasteiger partial charge in [0.1, 0.15) is 11.8 Å². The van der Waals surface area contributed by atoms with Crippen LogP contribution in [0.2, 0.25) is 0 Å². The molecule has 0 saturated heterocycles. The Labute approximate surface area is 181 Å². The molecular weight excluding hydrogens is 354 g/mol. The van der Waals surface area contributed by atoms with Crippen molar-refractivity contribution in [1.29, 1.82) is 5.26 Å². The third kappa shape index (κ3) is 8.85. The van der Waals surface area contributed by atoms with Crippen molar-refractivity contribution in [2.45, 2.75) is 106 Å². The Balaban J connectivity index is 3.19. The molecule has 166 valence electrons. The largest absolute Gasteiger partial charge is 0.390 e. The lowest BCUT2D eigenvalue weighted by molar-refractivity contribution is 0.194. The van der Waals surface area contributed by atoms with Crippen LogP contribution in [0.5, 0.6) is 0 Å². The molecule has 0 saturated carbocycles. The predicted octanol–water partition coefficient (Wildman–Crippen LogP) is 7.16. The van der Waals surface area contributed by atoms with Crippen molar-refractivity contribution in [2.24, 2.45) is 23.0 Å². The lowest BCUT2D eigenvalue weighted by Gasteiger charge is -2.40. The van der Waals surface area contributed by atoms with E-state index in [2.05, 4.69) is 58.6 Å². The van der Waals surface area contributed by atoms with Crippen molar-refractivity contribution in [3.8, 4) is 6.07 Å².